The standard InChI is InChI=1S/C16H27N7S.HI/c1-7-17-15(22(5)9-13-19-11-20-23(13)6)18-8-14-21-12(10-24-14)16(2,3)4;/h10-11H,7-9H2,1-6H3,(H,17,18);1H. The number of guanidine groups is 1. The molecule has 0 saturated heterocycles. The number of aromatic nitrogens is 4. The molecule has 0 aliphatic carbocycles. The maximum Gasteiger partial charge on any atom is 0.194 e. The van der Waals surface area contributed by atoms with Gasteiger partial charge in [-0.05, 0) is 6.92 Å². The maximum atomic E-state index is 4.71. The first kappa shape index (κ1) is 21.8. The van der Waals surface area contributed by atoms with Crippen LogP contribution in [0.15, 0.2) is 16.7 Å². The Morgan fingerprint density at radius 2 is 2.12 bits per heavy atom. The molecule has 0 amide bonds. The molecule has 0 fully saturated rings. The zero-order chi connectivity index (χ0) is 17.7. The van der Waals surface area contributed by atoms with Crippen LogP contribution in [0.1, 0.15) is 44.2 Å². The number of thiazole rings is 1. The average Bonchev–Trinajstić information content (AvgIpc) is 3.13. The van der Waals surface area contributed by atoms with E-state index in [1.807, 2.05) is 19.0 Å². The third-order valence-electron chi connectivity index (χ3n) is 3.56. The van der Waals surface area contributed by atoms with Gasteiger partial charge in [0.2, 0.25) is 0 Å². The van der Waals surface area contributed by atoms with Crippen LogP contribution in [-0.2, 0) is 25.6 Å². The highest BCUT2D eigenvalue weighted by molar-refractivity contribution is 14.0. The fourth-order valence-corrected chi connectivity index (χ4v) is 3.03. The van der Waals surface area contributed by atoms with Crippen LogP contribution >= 0.6 is 35.3 Å². The number of hydrogen-bond acceptors (Lipinski definition) is 5. The number of nitrogens with one attached hydrogen (secondary N) is 1. The summed E-state index contributed by atoms with van der Waals surface area (Å²) in [5, 5.41) is 10.6. The highest BCUT2D eigenvalue weighted by Crippen LogP contribution is 2.24. The lowest BCUT2D eigenvalue weighted by Crippen LogP contribution is -2.39. The predicted octanol–water partition coefficient (Wildman–Crippen LogP) is 2.78. The molecule has 2 heterocycles. The van der Waals surface area contributed by atoms with Gasteiger partial charge in [-0.2, -0.15) is 5.10 Å². The molecule has 9 heteroatoms. The lowest BCUT2D eigenvalue weighted by atomic mass is 9.93. The molecule has 0 aliphatic rings. The normalized spacial score (nSPS) is 12.0. The van der Waals surface area contributed by atoms with Gasteiger partial charge < -0.3 is 10.2 Å². The van der Waals surface area contributed by atoms with Gasteiger partial charge >= 0.3 is 0 Å². The summed E-state index contributed by atoms with van der Waals surface area (Å²) >= 11 is 1.67. The van der Waals surface area contributed by atoms with Crippen LogP contribution in [0.5, 0.6) is 0 Å². The number of aliphatic imine (C=N–C) groups is 1. The second kappa shape index (κ2) is 9.46. The minimum atomic E-state index is 0. The van der Waals surface area contributed by atoms with Crippen LogP contribution in [0.25, 0.3) is 0 Å². The van der Waals surface area contributed by atoms with Crippen LogP contribution in [0.2, 0.25) is 0 Å². The Kier molecular flexibility index (Phi) is 8.26. The van der Waals surface area contributed by atoms with Crippen molar-refractivity contribution in [2.75, 3.05) is 13.6 Å². The van der Waals surface area contributed by atoms with E-state index in [0.717, 1.165) is 29.0 Å². The topological polar surface area (TPSA) is 71.2 Å². The van der Waals surface area contributed by atoms with Crippen molar-refractivity contribution in [2.24, 2.45) is 12.0 Å². The molecule has 0 radical (unpaired) electrons. The van der Waals surface area contributed by atoms with Crippen LogP contribution in [-0.4, -0.2) is 44.2 Å². The Morgan fingerprint density at radius 3 is 2.64 bits per heavy atom. The molecular weight excluding hydrogens is 449 g/mol. The first-order valence-corrected chi connectivity index (χ1v) is 8.96. The molecule has 0 aliphatic heterocycles. The van der Waals surface area contributed by atoms with E-state index in [0.29, 0.717) is 13.1 Å². The SMILES string of the molecule is CCNC(=NCc1nc(C(C)(C)C)cs1)N(C)Cc1ncnn1C.I. The zero-order valence-corrected chi connectivity index (χ0v) is 18.9. The zero-order valence-electron chi connectivity index (χ0n) is 15.8. The molecule has 0 unspecified atom stereocenters. The van der Waals surface area contributed by atoms with Crippen molar-refractivity contribution < 1.29 is 0 Å². The smallest absolute Gasteiger partial charge is 0.194 e. The Balaban J connectivity index is 0.00000312. The summed E-state index contributed by atoms with van der Waals surface area (Å²) in [6, 6.07) is 0. The van der Waals surface area contributed by atoms with E-state index >= 15 is 0 Å². The monoisotopic (exact) mass is 477 g/mol. The van der Waals surface area contributed by atoms with Gasteiger partial charge in [-0.15, -0.1) is 35.3 Å². The molecule has 0 bridgehead atoms. The van der Waals surface area contributed by atoms with Gasteiger partial charge in [0, 0.05) is 31.4 Å². The third kappa shape index (κ3) is 6.21. The van der Waals surface area contributed by atoms with Crippen LogP contribution in [0.3, 0.4) is 0 Å². The van der Waals surface area contributed by atoms with Crippen molar-refractivity contribution in [3.63, 3.8) is 0 Å². The van der Waals surface area contributed by atoms with Gasteiger partial charge in [0.05, 0.1) is 18.8 Å². The number of rotatable bonds is 5. The van der Waals surface area contributed by atoms with Gasteiger partial charge in [-0.1, -0.05) is 20.8 Å². The Bertz CT molecular complexity index is 687. The summed E-state index contributed by atoms with van der Waals surface area (Å²) in [5.74, 6) is 1.74. The lowest BCUT2D eigenvalue weighted by Gasteiger charge is -2.21. The van der Waals surface area contributed by atoms with Crippen LogP contribution in [0.4, 0.5) is 0 Å². The van der Waals surface area contributed by atoms with Gasteiger partial charge in [0.1, 0.15) is 17.2 Å². The maximum absolute atomic E-state index is 4.71. The molecule has 2 aromatic rings. The Morgan fingerprint density at radius 1 is 1.40 bits per heavy atom. The van der Waals surface area contributed by atoms with Gasteiger partial charge in [0.15, 0.2) is 5.96 Å². The van der Waals surface area contributed by atoms with Crippen molar-refractivity contribution in [3.8, 4) is 0 Å². The Hall–Kier alpha value is -1.23. The molecule has 140 valence electrons. The molecule has 2 aromatic heterocycles. The number of halogens is 1. The summed E-state index contributed by atoms with van der Waals surface area (Å²) in [5.41, 5.74) is 1.19. The highest BCUT2D eigenvalue weighted by Gasteiger charge is 2.17. The van der Waals surface area contributed by atoms with Crippen LogP contribution < -0.4 is 5.32 Å². The van der Waals surface area contributed by atoms with Gasteiger partial charge in [-0.3, -0.25) is 4.68 Å². The second-order valence-electron chi connectivity index (χ2n) is 6.70. The number of hydrogen-bond donors (Lipinski definition) is 1. The largest absolute Gasteiger partial charge is 0.357 e. The quantitative estimate of drug-likeness (QED) is 0.408. The van der Waals surface area contributed by atoms with Gasteiger partial charge in [-0.25, -0.2) is 15.0 Å². The molecule has 1 N–H and O–H groups in total. The summed E-state index contributed by atoms with van der Waals surface area (Å²) < 4.78 is 1.77. The molecule has 0 saturated carbocycles. The minimum absolute atomic E-state index is 0. The van der Waals surface area contributed by atoms with Crippen molar-refractivity contribution in [1.29, 1.82) is 0 Å². The second-order valence-corrected chi connectivity index (χ2v) is 7.65. The highest BCUT2D eigenvalue weighted by atomic mass is 127. The van der Waals surface area contributed by atoms with E-state index in [1.54, 1.807) is 22.3 Å². The molecule has 0 atom stereocenters. The first-order chi connectivity index (χ1) is 11.3. The van der Waals surface area contributed by atoms with Crippen LogP contribution in [0, 0.1) is 0 Å². The van der Waals surface area contributed by atoms with Crippen molar-refractivity contribution in [3.05, 3.63) is 28.2 Å². The Labute approximate surface area is 171 Å². The average molecular weight is 477 g/mol. The van der Waals surface area contributed by atoms with E-state index in [9.17, 15) is 0 Å². The summed E-state index contributed by atoms with van der Waals surface area (Å²) in [4.78, 5) is 15.7. The molecule has 7 nitrogen and oxygen atoms in total. The first-order valence-electron chi connectivity index (χ1n) is 8.08. The van der Waals surface area contributed by atoms with E-state index in [2.05, 4.69) is 48.5 Å². The third-order valence-corrected chi connectivity index (χ3v) is 4.40. The molecule has 2 rings (SSSR count). The molecule has 0 aromatic carbocycles. The predicted molar refractivity (Wildman–Crippen MR) is 114 cm³/mol. The summed E-state index contributed by atoms with van der Waals surface area (Å²) in [6.45, 7) is 10.6. The fourth-order valence-electron chi connectivity index (χ4n) is 2.09. The summed E-state index contributed by atoms with van der Waals surface area (Å²) in [6.07, 6.45) is 1.57. The fraction of sp³-hybridized carbons (Fsp3) is 0.625. The minimum Gasteiger partial charge on any atom is -0.357 e. The number of aryl methyl sites for hydroxylation is 1. The molecule has 25 heavy (non-hydrogen) atoms. The van der Waals surface area contributed by atoms with Crippen molar-refractivity contribution >= 4 is 41.3 Å². The van der Waals surface area contributed by atoms with Gasteiger partial charge in [0.25, 0.3) is 0 Å². The van der Waals surface area contributed by atoms with E-state index in [1.165, 1.54) is 0 Å². The molecule has 0 spiro atoms. The molecular formula is C16H28IN7S. The summed E-state index contributed by atoms with van der Waals surface area (Å²) in [7, 11) is 3.89. The van der Waals surface area contributed by atoms with E-state index in [-0.39, 0.29) is 29.4 Å². The van der Waals surface area contributed by atoms with Crippen molar-refractivity contribution in [1.82, 2.24) is 30.0 Å². The van der Waals surface area contributed by atoms with E-state index < -0.39 is 0 Å². The number of nitrogens with zero attached hydrogens (tertiary/aromatic N) is 6. The van der Waals surface area contributed by atoms with Crippen molar-refractivity contribution in [2.45, 2.75) is 46.2 Å². The lowest BCUT2D eigenvalue weighted by molar-refractivity contribution is 0.448. The van der Waals surface area contributed by atoms with E-state index in [4.69, 9.17) is 9.98 Å².